The summed E-state index contributed by atoms with van der Waals surface area (Å²) in [6.45, 7) is 1.97. The lowest BCUT2D eigenvalue weighted by atomic mass is 10.1. The minimum Gasteiger partial charge on any atom is -0.192 e. The Labute approximate surface area is 91.5 Å². The molecule has 2 aromatic rings. The molecule has 0 spiro atoms. The van der Waals surface area contributed by atoms with Crippen LogP contribution in [-0.4, -0.2) is 0 Å². The Morgan fingerprint density at radius 2 is 2.29 bits per heavy atom. The fourth-order valence-electron chi connectivity index (χ4n) is 1.54. The molecule has 0 aliphatic rings. The average molecular weight is 222 g/mol. The Morgan fingerprint density at radius 3 is 2.93 bits per heavy atom. The van der Waals surface area contributed by atoms with Gasteiger partial charge in [-0.1, -0.05) is 18.2 Å². The van der Waals surface area contributed by atoms with Crippen molar-refractivity contribution in [3.8, 4) is 6.07 Å². The largest absolute Gasteiger partial charge is 0.192 e. The van der Waals surface area contributed by atoms with Crippen molar-refractivity contribution in [1.29, 1.82) is 5.26 Å². The standard InChI is InChI=1S/C11H8ClNS/c1-7-10(6-13)9-4-2-3-8(5-12)11(9)14-7/h2-4H,5H2,1H3. The molecular weight excluding hydrogens is 214 g/mol. The molecule has 0 radical (unpaired) electrons. The second kappa shape index (κ2) is 3.61. The van der Waals surface area contributed by atoms with E-state index in [9.17, 15) is 0 Å². The van der Waals surface area contributed by atoms with Crippen molar-refractivity contribution in [3.05, 3.63) is 34.2 Å². The molecule has 1 heterocycles. The molecule has 0 N–H and O–H groups in total. The zero-order valence-electron chi connectivity index (χ0n) is 7.67. The van der Waals surface area contributed by atoms with Gasteiger partial charge in [0.15, 0.2) is 0 Å². The molecule has 14 heavy (non-hydrogen) atoms. The average Bonchev–Trinajstić information content (AvgIpc) is 2.52. The third-order valence-electron chi connectivity index (χ3n) is 2.23. The van der Waals surface area contributed by atoms with Crippen LogP contribution >= 0.6 is 22.9 Å². The number of halogens is 1. The van der Waals surface area contributed by atoms with Crippen LogP contribution in [0, 0.1) is 18.3 Å². The molecule has 1 nitrogen and oxygen atoms in total. The van der Waals surface area contributed by atoms with Crippen LogP contribution in [0.4, 0.5) is 0 Å². The minimum absolute atomic E-state index is 0.502. The zero-order valence-corrected chi connectivity index (χ0v) is 9.25. The van der Waals surface area contributed by atoms with Gasteiger partial charge in [0.25, 0.3) is 0 Å². The van der Waals surface area contributed by atoms with Gasteiger partial charge in [-0.2, -0.15) is 5.26 Å². The molecule has 3 heteroatoms. The second-order valence-corrected chi connectivity index (χ2v) is 4.56. The predicted octanol–water partition coefficient (Wildman–Crippen LogP) is 3.82. The lowest BCUT2D eigenvalue weighted by molar-refractivity contribution is 1.46. The first kappa shape index (κ1) is 9.51. The van der Waals surface area contributed by atoms with Gasteiger partial charge in [0.1, 0.15) is 6.07 Å². The number of hydrogen-bond donors (Lipinski definition) is 0. The predicted molar refractivity (Wildman–Crippen MR) is 60.8 cm³/mol. The lowest BCUT2D eigenvalue weighted by Gasteiger charge is -1.96. The van der Waals surface area contributed by atoms with Crippen LogP contribution in [0.1, 0.15) is 16.0 Å². The van der Waals surface area contributed by atoms with E-state index in [4.69, 9.17) is 16.9 Å². The quantitative estimate of drug-likeness (QED) is 0.672. The molecular formula is C11H8ClNS. The molecule has 0 saturated heterocycles. The van der Waals surface area contributed by atoms with Crippen LogP contribution in [0.5, 0.6) is 0 Å². The van der Waals surface area contributed by atoms with E-state index in [1.54, 1.807) is 11.3 Å². The number of thiophene rings is 1. The number of rotatable bonds is 1. The Hall–Kier alpha value is -1.04. The van der Waals surface area contributed by atoms with E-state index < -0.39 is 0 Å². The maximum atomic E-state index is 8.99. The first-order chi connectivity index (χ1) is 6.77. The maximum absolute atomic E-state index is 8.99. The molecule has 0 atom stereocenters. The van der Waals surface area contributed by atoms with Crippen LogP contribution in [0.15, 0.2) is 18.2 Å². The highest BCUT2D eigenvalue weighted by Crippen LogP contribution is 2.33. The highest BCUT2D eigenvalue weighted by molar-refractivity contribution is 7.19. The van der Waals surface area contributed by atoms with Crippen LogP contribution in [-0.2, 0) is 5.88 Å². The van der Waals surface area contributed by atoms with E-state index in [-0.39, 0.29) is 0 Å². The van der Waals surface area contributed by atoms with Crippen LogP contribution in [0.25, 0.3) is 10.1 Å². The monoisotopic (exact) mass is 221 g/mol. The van der Waals surface area contributed by atoms with Gasteiger partial charge in [-0.3, -0.25) is 0 Å². The molecule has 0 aliphatic carbocycles. The summed E-state index contributed by atoms with van der Waals surface area (Å²) in [5.41, 5.74) is 1.90. The highest BCUT2D eigenvalue weighted by atomic mass is 35.5. The van der Waals surface area contributed by atoms with Crippen LogP contribution in [0.2, 0.25) is 0 Å². The topological polar surface area (TPSA) is 23.8 Å². The van der Waals surface area contributed by atoms with Gasteiger partial charge in [-0.15, -0.1) is 22.9 Å². The van der Waals surface area contributed by atoms with Crippen molar-refractivity contribution in [2.75, 3.05) is 0 Å². The van der Waals surface area contributed by atoms with Crippen molar-refractivity contribution in [2.45, 2.75) is 12.8 Å². The number of benzene rings is 1. The molecule has 0 unspecified atom stereocenters. The molecule has 70 valence electrons. The van der Waals surface area contributed by atoms with Gasteiger partial charge >= 0.3 is 0 Å². The molecule has 0 saturated carbocycles. The summed E-state index contributed by atoms with van der Waals surface area (Å²) in [6, 6.07) is 8.17. The van der Waals surface area contributed by atoms with E-state index in [0.717, 1.165) is 26.1 Å². The van der Waals surface area contributed by atoms with Gasteiger partial charge in [-0.05, 0) is 12.5 Å². The zero-order chi connectivity index (χ0) is 10.1. The Bertz CT molecular complexity index is 522. The van der Waals surface area contributed by atoms with Crippen LogP contribution < -0.4 is 0 Å². The summed E-state index contributed by atoms with van der Waals surface area (Å²) in [5.74, 6) is 0.502. The number of fused-ring (bicyclic) bond motifs is 1. The molecule has 1 aromatic heterocycles. The van der Waals surface area contributed by atoms with Gasteiger partial charge in [-0.25, -0.2) is 0 Å². The first-order valence-electron chi connectivity index (χ1n) is 4.25. The van der Waals surface area contributed by atoms with E-state index in [1.165, 1.54) is 0 Å². The lowest BCUT2D eigenvalue weighted by Crippen LogP contribution is -1.77. The molecule has 0 fully saturated rings. The number of alkyl halides is 1. The number of nitriles is 1. The molecule has 0 aliphatic heterocycles. The van der Waals surface area contributed by atoms with Crippen molar-refractivity contribution in [2.24, 2.45) is 0 Å². The highest BCUT2D eigenvalue weighted by Gasteiger charge is 2.10. The van der Waals surface area contributed by atoms with E-state index in [0.29, 0.717) is 5.88 Å². The molecule has 2 rings (SSSR count). The molecule has 1 aromatic carbocycles. The minimum atomic E-state index is 0.502. The Morgan fingerprint density at radius 1 is 1.50 bits per heavy atom. The van der Waals surface area contributed by atoms with Gasteiger partial charge in [0.05, 0.1) is 5.56 Å². The molecule has 0 amide bonds. The smallest absolute Gasteiger partial charge is 0.101 e. The summed E-state index contributed by atoms with van der Waals surface area (Å²) in [6.07, 6.45) is 0. The Kier molecular flexibility index (Phi) is 2.45. The van der Waals surface area contributed by atoms with Crippen LogP contribution in [0.3, 0.4) is 0 Å². The summed E-state index contributed by atoms with van der Waals surface area (Å²) < 4.78 is 1.15. The van der Waals surface area contributed by atoms with Crippen molar-refractivity contribution in [1.82, 2.24) is 0 Å². The van der Waals surface area contributed by atoms with E-state index in [1.807, 2.05) is 25.1 Å². The first-order valence-corrected chi connectivity index (χ1v) is 5.60. The summed E-state index contributed by atoms with van der Waals surface area (Å²) in [7, 11) is 0. The van der Waals surface area contributed by atoms with Gasteiger partial charge in [0.2, 0.25) is 0 Å². The normalized spacial score (nSPS) is 10.4. The summed E-state index contributed by atoms with van der Waals surface area (Å²) in [5, 5.41) is 10.0. The third kappa shape index (κ3) is 1.30. The van der Waals surface area contributed by atoms with Crippen molar-refractivity contribution in [3.63, 3.8) is 0 Å². The summed E-state index contributed by atoms with van der Waals surface area (Å²) in [4.78, 5) is 1.07. The SMILES string of the molecule is Cc1sc2c(CCl)cccc2c1C#N. The van der Waals surface area contributed by atoms with Gasteiger partial charge in [0, 0.05) is 20.8 Å². The van der Waals surface area contributed by atoms with Crippen molar-refractivity contribution >= 4 is 33.0 Å². The number of hydrogen-bond acceptors (Lipinski definition) is 2. The van der Waals surface area contributed by atoms with E-state index in [2.05, 4.69) is 6.07 Å². The Balaban J connectivity index is 2.87. The van der Waals surface area contributed by atoms with Crippen molar-refractivity contribution < 1.29 is 0 Å². The van der Waals surface area contributed by atoms with Gasteiger partial charge < -0.3 is 0 Å². The summed E-state index contributed by atoms with van der Waals surface area (Å²) >= 11 is 7.48. The second-order valence-electron chi connectivity index (χ2n) is 3.07. The van der Waals surface area contributed by atoms with E-state index >= 15 is 0 Å². The molecule has 0 bridgehead atoms. The fraction of sp³-hybridized carbons (Fsp3) is 0.182. The maximum Gasteiger partial charge on any atom is 0.101 e. The third-order valence-corrected chi connectivity index (χ3v) is 3.71. The fourth-order valence-corrected chi connectivity index (χ4v) is 2.96. The number of aryl methyl sites for hydroxylation is 1. The number of nitrogens with zero attached hydrogens (tertiary/aromatic N) is 1.